The second-order valence-electron chi connectivity index (χ2n) is 4.84. The van der Waals surface area contributed by atoms with Gasteiger partial charge in [0.15, 0.2) is 0 Å². The van der Waals surface area contributed by atoms with E-state index in [4.69, 9.17) is 4.74 Å². The van der Waals surface area contributed by atoms with Crippen molar-refractivity contribution in [3.63, 3.8) is 0 Å². The highest BCUT2D eigenvalue weighted by Crippen LogP contribution is 2.19. The maximum absolute atomic E-state index is 12.0. The first-order valence-corrected chi connectivity index (χ1v) is 6.88. The van der Waals surface area contributed by atoms with Gasteiger partial charge in [0.05, 0.1) is 18.3 Å². The highest BCUT2D eigenvalue weighted by molar-refractivity contribution is 5.93. The Morgan fingerprint density at radius 2 is 2.11 bits per heavy atom. The lowest BCUT2D eigenvalue weighted by Gasteiger charge is -2.22. The minimum Gasteiger partial charge on any atom is -0.498 e. The Morgan fingerprint density at radius 1 is 1.44 bits per heavy atom. The molecule has 18 heavy (non-hydrogen) atoms. The van der Waals surface area contributed by atoms with E-state index < -0.39 is 6.10 Å². The van der Waals surface area contributed by atoms with Crippen LogP contribution in [0.4, 0.5) is 0 Å². The van der Waals surface area contributed by atoms with Gasteiger partial charge in [-0.2, -0.15) is 0 Å². The molecule has 0 bridgehead atoms. The molecule has 1 aliphatic rings. The monoisotopic (exact) mass is 255 g/mol. The Morgan fingerprint density at radius 3 is 2.67 bits per heavy atom. The van der Waals surface area contributed by atoms with Crippen LogP contribution in [0.25, 0.3) is 0 Å². The molecule has 0 aromatic carbocycles. The fourth-order valence-electron chi connectivity index (χ4n) is 2.31. The zero-order valence-electron chi connectivity index (χ0n) is 11.7. The zero-order valence-corrected chi connectivity index (χ0v) is 11.7. The molecule has 0 radical (unpaired) electrons. The molecule has 1 heterocycles. The summed E-state index contributed by atoms with van der Waals surface area (Å²) in [4.78, 5) is 12.0. The molecule has 1 aliphatic heterocycles. The number of amides is 1. The number of ether oxygens (including phenoxy) is 1. The van der Waals surface area contributed by atoms with E-state index in [1.54, 1.807) is 0 Å². The van der Waals surface area contributed by atoms with Crippen molar-refractivity contribution in [3.05, 3.63) is 11.3 Å². The minimum absolute atomic E-state index is 0.0998. The Bertz CT molecular complexity index is 308. The molecule has 104 valence electrons. The summed E-state index contributed by atoms with van der Waals surface area (Å²) in [6.45, 7) is 6.95. The molecule has 1 amide bonds. The van der Waals surface area contributed by atoms with Crippen molar-refractivity contribution in [3.8, 4) is 0 Å². The maximum atomic E-state index is 12.0. The Kier molecular flexibility index (Phi) is 6.19. The number of aliphatic hydroxyl groups excluding tert-OH is 1. The van der Waals surface area contributed by atoms with E-state index in [0.29, 0.717) is 13.2 Å². The largest absolute Gasteiger partial charge is 0.498 e. The molecule has 0 aromatic heterocycles. The van der Waals surface area contributed by atoms with Crippen LogP contribution in [0.2, 0.25) is 0 Å². The fraction of sp³-hybridized carbons (Fsp3) is 0.786. The number of carbonyl (C=O) groups excluding carboxylic acids is 1. The zero-order chi connectivity index (χ0) is 13.5. The topological polar surface area (TPSA) is 58.6 Å². The van der Waals surface area contributed by atoms with E-state index in [2.05, 4.69) is 19.2 Å². The fourth-order valence-corrected chi connectivity index (χ4v) is 2.31. The van der Waals surface area contributed by atoms with Crippen LogP contribution < -0.4 is 5.32 Å². The summed E-state index contributed by atoms with van der Waals surface area (Å²) in [5.41, 5.74) is 0.720. The maximum Gasteiger partial charge on any atom is 0.250 e. The van der Waals surface area contributed by atoms with Gasteiger partial charge in [0.25, 0.3) is 5.91 Å². The van der Waals surface area contributed by atoms with Crippen molar-refractivity contribution < 1.29 is 14.6 Å². The summed E-state index contributed by atoms with van der Waals surface area (Å²) < 4.78 is 5.36. The van der Waals surface area contributed by atoms with Crippen LogP contribution in [0, 0.1) is 5.92 Å². The quantitative estimate of drug-likeness (QED) is 0.763. The Balaban J connectivity index is 2.46. The molecule has 1 rings (SSSR count). The van der Waals surface area contributed by atoms with Crippen molar-refractivity contribution in [2.75, 3.05) is 13.2 Å². The normalized spacial score (nSPS) is 17.6. The van der Waals surface area contributed by atoms with E-state index in [0.717, 1.165) is 37.0 Å². The summed E-state index contributed by atoms with van der Waals surface area (Å²) >= 11 is 0. The lowest BCUT2D eigenvalue weighted by atomic mass is 9.96. The lowest BCUT2D eigenvalue weighted by Crippen LogP contribution is -2.37. The van der Waals surface area contributed by atoms with E-state index in [1.165, 1.54) is 0 Å². The predicted octanol–water partition coefficient (Wildman–Crippen LogP) is 1.98. The predicted molar refractivity (Wildman–Crippen MR) is 71.0 cm³/mol. The second kappa shape index (κ2) is 7.41. The first-order chi connectivity index (χ1) is 8.60. The summed E-state index contributed by atoms with van der Waals surface area (Å²) in [5, 5.41) is 12.8. The lowest BCUT2D eigenvalue weighted by molar-refractivity contribution is -0.118. The van der Waals surface area contributed by atoms with Gasteiger partial charge in [-0.3, -0.25) is 4.79 Å². The van der Waals surface area contributed by atoms with Crippen LogP contribution in [-0.4, -0.2) is 30.3 Å². The summed E-state index contributed by atoms with van der Waals surface area (Å²) in [5.74, 6) is 0.871. The SMILES string of the molecule is CCC(CC)C(O)CNC(=O)C1=C(C)OCCC1. The van der Waals surface area contributed by atoms with Gasteiger partial charge in [-0.05, 0) is 25.7 Å². The summed E-state index contributed by atoms with van der Waals surface area (Å²) in [7, 11) is 0. The Labute approximate surface area is 109 Å². The van der Waals surface area contributed by atoms with Gasteiger partial charge < -0.3 is 15.2 Å². The van der Waals surface area contributed by atoms with Crippen molar-refractivity contribution in [1.29, 1.82) is 0 Å². The molecule has 0 aromatic rings. The van der Waals surface area contributed by atoms with E-state index in [-0.39, 0.29) is 11.8 Å². The van der Waals surface area contributed by atoms with Crippen molar-refractivity contribution in [1.82, 2.24) is 5.32 Å². The molecule has 0 saturated heterocycles. The standard InChI is InChI=1S/C14H25NO3/c1-4-11(5-2)13(16)9-15-14(17)12-7-6-8-18-10(12)3/h11,13,16H,4-9H2,1-3H3,(H,15,17). The molecule has 1 unspecified atom stereocenters. The molecular formula is C14H25NO3. The third-order valence-electron chi connectivity index (χ3n) is 3.65. The average molecular weight is 255 g/mol. The van der Waals surface area contributed by atoms with Crippen molar-refractivity contribution in [2.24, 2.45) is 5.92 Å². The van der Waals surface area contributed by atoms with Gasteiger partial charge in [-0.15, -0.1) is 0 Å². The molecule has 0 fully saturated rings. The molecular weight excluding hydrogens is 230 g/mol. The number of allylic oxidation sites excluding steroid dienone is 1. The summed E-state index contributed by atoms with van der Waals surface area (Å²) in [6.07, 6.45) is 3.04. The molecule has 2 N–H and O–H groups in total. The highest BCUT2D eigenvalue weighted by Gasteiger charge is 2.20. The third kappa shape index (κ3) is 4.02. The second-order valence-corrected chi connectivity index (χ2v) is 4.84. The van der Waals surface area contributed by atoms with Gasteiger partial charge in [-0.1, -0.05) is 26.7 Å². The number of hydrogen-bond donors (Lipinski definition) is 2. The van der Waals surface area contributed by atoms with E-state index in [9.17, 15) is 9.90 Å². The van der Waals surface area contributed by atoms with E-state index in [1.807, 2.05) is 6.92 Å². The van der Waals surface area contributed by atoms with Crippen LogP contribution in [0.1, 0.15) is 46.5 Å². The molecule has 4 heteroatoms. The highest BCUT2D eigenvalue weighted by atomic mass is 16.5. The molecule has 0 spiro atoms. The van der Waals surface area contributed by atoms with Gasteiger partial charge in [0, 0.05) is 6.54 Å². The van der Waals surface area contributed by atoms with E-state index >= 15 is 0 Å². The first kappa shape index (κ1) is 15.0. The van der Waals surface area contributed by atoms with Crippen LogP contribution >= 0.6 is 0 Å². The van der Waals surface area contributed by atoms with Crippen LogP contribution in [0.15, 0.2) is 11.3 Å². The molecule has 4 nitrogen and oxygen atoms in total. The van der Waals surface area contributed by atoms with Crippen LogP contribution in [0.3, 0.4) is 0 Å². The smallest absolute Gasteiger partial charge is 0.250 e. The molecule has 0 saturated carbocycles. The van der Waals surface area contributed by atoms with Gasteiger partial charge in [0.2, 0.25) is 0 Å². The van der Waals surface area contributed by atoms with Crippen LogP contribution in [0.5, 0.6) is 0 Å². The number of aliphatic hydroxyl groups is 1. The molecule has 1 atom stereocenters. The minimum atomic E-state index is -0.464. The third-order valence-corrected chi connectivity index (χ3v) is 3.65. The van der Waals surface area contributed by atoms with Crippen molar-refractivity contribution >= 4 is 5.91 Å². The number of nitrogens with one attached hydrogen (secondary N) is 1. The number of rotatable bonds is 6. The number of hydrogen-bond acceptors (Lipinski definition) is 3. The average Bonchev–Trinajstić information content (AvgIpc) is 2.38. The van der Waals surface area contributed by atoms with Gasteiger partial charge >= 0.3 is 0 Å². The Hall–Kier alpha value is -1.03. The number of carbonyl (C=O) groups is 1. The van der Waals surface area contributed by atoms with Crippen LogP contribution in [-0.2, 0) is 9.53 Å². The van der Waals surface area contributed by atoms with Gasteiger partial charge in [-0.25, -0.2) is 0 Å². The molecule has 0 aliphatic carbocycles. The van der Waals surface area contributed by atoms with Gasteiger partial charge in [0.1, 0.15) is 5.76 Å². The first-order valence-electron chi connectivity index (χ1n) is 6.88. The summed E-state index contributed by atoms with van der Waals surface area (Å²) in [6, 6.07) is 0. The van der Waals surface area contributed by atoms with Crippen molar-refractivity contribution in [2.45, 2.75) is 52.6 Å².